The highest BCUT2D eigenvalue weighted by atomic mass is 32.1. The van der Waals surface area contributed by atoms with Crippen LogP contribution in [0.5, 0.6) is 5.75 Å². The largest absolute Gasteiger partial charge is 0.461 e. The van der Waals surface area contributed by atoms with Crippen molar-refractivity contribution in [1.29, 1.82) is 0 Å². The van der Waals surface area contributed by atoms with Gasteiger partial charge < -0.3 is 9.47 Å². The minimum Gasteiger partial charge on any atom is -0.461 e. The molecule has 1 unspecified atom stereocenters. The average molecular weight is 239 g/mol. The van der Waals surface area contributed by atoms with E-state index in [2.05, 4.69) is 17.6 Å². The Kier molecular flexibility index (Phi) is 2.88. The molecule has 0 radical (unpaired) electrons. The van der Waals surface area contributed by atoms with Gasteiger partial charge in [0.25, 0.3) is 0 Å². The van der Waals surface area contributed by atoms with Crippen molar-refractivity contribution in [3.05, 3.63) is 23.0 Å². The van der Waals surface area contributed by atoms with Crippen molar-refractivity contribution in [2.45, 2.75) is 45.3 Å². The Morgan fingerprint density at radius 1 is 1.50 bits per heavy atom. The topological polar surface area (TPSA) is 31.4 Å². The first-order valence-corrected chi connectivity index (χ1v) is 5.92. The van der Waals surface area contributed by atoms with Crippen LogP contribution in [-0.4, -0.2) is 10.8 Å². The van der Waals surface area contributed by atoms with Gasteiger partial charge in [-0.15, -0.1) is 0 Å². The standard InChI is InChI=1S/C12H17NO2S/c1-7-11-10(6-14-12(3,4)15-11)9(5-13-7)8(2)16/h5,8,16H,6H2,1-4H3. The van der Waals surface area contributed by atoms with Gasteiger partial charge in [0.1, 0.15) is 5.75 Å². The van der Waals surface area contributed by atoms with Crippen LogP contribution in [0.2, 0.25) is 0 Å². The Balaban J connectivity index is 2.52. The third kappa shape index (κ3) is 2.04. The van der Waals surface area contributed by atoms with Crippen LogP contribution in [-0.2, 0) is 11.3 Å². The molecule has 0 fully saturated rings. The fourth-order valence-corrected chi connectivity index (χ4v) is 2.04. The molecule has 88 valence electrons. The van der Waals surface area contributed by atoms with Gasteiger partial charge in [-0.3, -0.25) is 4.98 Å². The van der Waals surface area contributed by atoms with Crippen molar-refractivity contribution in [3.8, 4) is 5.75 Å². The Bertz CT molecular complexity index is 416. The van der Waals surface area contributed by atoms with Gasteiger partial charge in [0.15, 0.2) is 0 Å². The van der Waals surface area contributed by atoms with E-state index in [1.165, 1.54) is 0 Å². The zero-order chi connectivity index (χ0) is 11.9. The van der Waals surface area contributed by atoms with Gasteiger partial charge >= 0.3 is 0 Å². The lowest BCUT2D eigenvalue weighted by atomic mass is 10.0. The highest BCUT2D eigenvalue weighted by Crippen LogP contribution is 2.38. The third-order valence-corrected chi connectivity index (χ3v) is 2.99. The summed E-state index contributed by atoms with van der Waals surface area (Å²) in [6, 6.07) is 0. The van der Waals surface area contributed by atoms with Gasteiger partial charge in [0.2, 0.25) is 5.79 Å². The van der Waals surface area contributed by atoms with Crippen molar-refractivity contribution in [1.82, 2.24) is 4.98 Å². The molecule has 3 nitrogen and oxygen atoms in total. The Hall–Kier alpha value is -0.740. The zero-order valence-corrected chi connectivity index (χ0v) is 11.0. The van der Waals surface area contributed by atoms with Crippen molar-refractivity contribution in [2.75, 3.05) is 0 Å². The fraction of sp³-hybridized carbons (Fsp3) is 0.583. The molecule has 0 N–H and O–H groups in total. The van der Waals surface area contributed by atoms with Crippen LogP contribution in [0, 0.1) is 6.92 Å². The minimum absolute atomic E-state index is 0.135. The summed E-state index contributed by atoms with van der Waals surface area (Å²) < 4.78 is 11.5. The van der Waals surface area contributed by atoms with Gasteiger partial charge in [-0.25, -0.2) is 0 Å². The van der Waals surface area contributed by atoms with E-state index < -0.39 is 5.79 Å². The zero-order valence-electron chi connectivity index (χ0n) is 10.1. The van der Waals surface area contributed by atoms with Gasteiger partial charge in [-0.05, 0) is 19.4 Å². The van der Waals surface area contributed by atoms with E-state index in [1.807, 2.05) is 33.9 Å². The predicted octanol–water partition coefficient (Wildman–Crippen LogP) is 3.03. The maximum absolute atomic E-state index is 5.82. The first-order chi connectivity index (χ1) is 7.41. The molecule has 0 spiro atoms. The molecule has 1 aliphatic heterocycles. The number of ether oxygens (including phenoxy) is 2. The monoisotopic (exact) mass is 239 g/mol. The molecule has 1 aromatic rings. The highest BCUT2D eigenvalue weighted by Gasteiger charge is 2.30. The molecule has 4 heteroatoms. The quantitative estimate of drug-likeness (QED) is 0.764. The Morgan fingerprint density at radius 2 is 2.19 bits per heavy atom. The molecular formula is C12H17NO2S. The molecule has 1 aromatic heterocycles. The number of aromatic nitrogens is 1. The molecule has 0 saturated carbocycles. The maximum atomic E-state index is 5.82. The number of hydrogen-bond acceptors (Lipinski definition) is 4. The van der Waals surface area contributed by atoms with Crippen molar-refractivity contribution < 1.29 is 9.47 Å². The van der Waals surface area contributed by atoms with Crippen molar-refractivity contribution in [3.63, 3.8) is 0 Å². The lowest BCUT2D eigenvalue weighted by Gasteiger charge is -2.34. The minimum atomic E-state index is -0.572. The van der Waals surface area contributed by atoms with E-state index in [0.29, 0.717) is 6.61 Å². The summed E-state index contributed by atoms with van der Waals surface area (Å²) in [5.41, 5.74) is 3.07. The van der Waals surface area contributed by atoms with Gasteiger partial charge in [-0.2, -0.15) is 12.6 Å². The number of thiol groups is 1. The summed E-state index contributed by atoms with van der Waals surface area (Å²) in [6.07, 6.45) is 1.86. The summed E-state index contributed by atoms with van der Waals surface area (Å²) in [5.74, 6) is 0.285. The number of hydrogen-bond donors (Lipinski definition) is 1. The van der Waals surface area contributed by atoms with E-state index >= 15 is 0 Å². The highest BCUT2D eigenvalue weighted by molar-refractivity contribution is 7.80. The van der Waals surface area contributed by atoms with Crippen LogP contribution in [0.3, 0.4) is 0 Å². The normalized spacial score (nSPS) is 19.8. The second kappa shape index (κ2) is 3.93. The molecule has 0 saturated heterocycles. The summed E-state index contributed by atoms with van der Waals surface area (Å²) in [5, 5.41) is 0.135. The Morgan fingerprint density at radius 3 is 2.81 bits per heavy atom. The third-order valence-electron chi connectivity index (χ3n) is 2.71. The number of pyridine rings is 1. The summed E-state index contributed by atoms with van der Waals surface area (Å²) >= 11 is 4.45. The van der Waals surface area contributed by atoms with Crippen LogP contribution >= 0.6 is 12.6 Å². The number of rotatable bonds is 1. The molecular weight excluding hydrogens is 222 g/mol. The molecule has 1 atom stereocenters. The second-order valence-electron chi connectivity index (χ2n) is 4.57. The summed E-state index contributed by atoms with van der Waals surface area (Å²) in [6.45, 7) is 8.35. The van der Waals surface area contributed by atoms with Gasteiger partial charge in [-0.1, -0.05) is 0 Å². The van der Waals surface area contributed by atoms with E-state index in [0.717, 1.165) is 22.6 Å². The first kappa shape index (κ1) is 11.7. The van der Waals surface area contributed by atoms with Gasteiger partial charge in [0, 0.05) is 30.9 Å². The van der Waals surface area contributed by atoms with Crippen LogP contribution in [0.1, 0.15) is 42.8 Å². The van der Waals surface area contributed by atoms with Crippen molar-refractivity contribution >= 4 is 12.6 Å². The second-order valence-corrected chi connectivity index (χ2v) is 5.35. The number of aryl methyl sites for hydroxylation is 1. The molecule has 1 aliphatic rings. The van der Waals surface area contributed by atoms with Crippen LogP contribution in [0.25, 0.3) is 0 Å². The van der Waals surface area contributed by atoms with E-state index in [1.54, 1.807) is 0 Å². The first-order valence-electron chi connectivity index (χ1n) is 5.40. The maximum Gasteiger partial charge on any atom is 0.205 e. The summed E-state index contributed by atoms with van der Waals surface area (Å²) in [4.78, 5) is 4.35. The lowest BCUT2D eigenvalue weighted by Crippen LogP contribution is -2.36. The molecule has 0 bridgehead atoms. The smallest absolute Gasteiger partial charge is 0.205 e. The fourth-order valence-electron chi connectivity index (χ4n) is 1.82. The predicted molar refractivity (Wildman–Crippen MR) is 65.9 cm³/mol. The molecule has 16 heavy (non-hydrogen) atoms. The van der Waals surface area contributed by atoms with E-state index in [9.17, 15) is 0 Å². The van der Waals surface area contributed by atoms with Crippen LogP contribution < -0.4 is 4.74 Å². The van der Waals surface area contributed by atoms with Crippen molar-refractivity contribution in [2.24, 2.45) is 0 Å². The molecule has 0 amide bonds. The van der Waals surface area contributed by atoms with Crippen LogP contribution in [0.15, 0.2) is 6.20 Å². The molecule has 0 aliphatic carbocycles. The van der Waals surface area contributed by atoms with Gasteiger partial charge in [0.05, 0.1) is 12.3 Å². The number of fused-ring (bicyclic) bond motifs is 1. The average Bonchev–Trinajstić information content (AvgIpc) is 2.18. The molecule has 2 rings (SSSR count). The SMILES string of the molecule is Cc1ncc(C(C)S)c2c1OC(C)(C)OC2. The lowest BCUT2D eigenvalue weighted by molar-refractivity contribution is -0.180. The van der Waals surface area contributed by atoms with E-state index in [4.69, 9.17) is 9.47 Å². The Labute approximate surface area is 102 Å². The van der Waals surface area contributed by atoms with E-state index in [-0.39, 0.29) is 5.25 Å². The number of nitrogens with zero attached hydrogens (tertiary/aromatic N) is 1. The summed E-state index contributed by atoms with van der Waals surface area (Å²) in [7, 11) is 0. The molecule has 2 heterocycles. The molecule has 0 aromatic carbocycles. The van der Waals surface area contributed by atoms with Crippen LogP contribution in [0.4, 0.5) is 0 Å².